The number of carbonyl (C=O) groups is 1. The van der Waals surface area contributed by atoms with E-state index < -0.39 is 0 Å². The van der Waals surface area contributed by atoms with Crippen molar-refractivity contribution in [2.45, 2.75) is 20.7 Å². The summed E-state index contributed by atoms with van der Waals surface area (Å²) in [5, 5.41) is 3.93. The van der Waals surface area contributed by atoms with Crippen molar-refractivity contribution < 1.29 is 6.17 Å². The molecule has 2 heterocycles. The lowest BCUT2D eigenvalue weighted by atomic mass is 10.3. The number of hydrogen-bond acceptors (Lipinski definition) is 6. The van der Waals surface area contributed by atoms with E-state index in [0.29, 0.717) is 17.2 Å². The number of carbonyl (C=O) groups excluding carboxylic acids is 1. The van der Waals surface area contributed by atoms with Crippen molar-refractivity contribution in [1.82, 2.24) is 9.97 Å². The van der Waals surface area contributed by atoms with E-state index in [1.54, 1.807) is 6.92 Å². The minimum absolute atomic E-state index is 0.0943. The SMILES string of the molecule is CC(=O)Nc1nc2ccc(Br)cc2s1.Nc1nc2ccc(Br)cc2s1.[2H]CC. The fourth-order valence-corrected chi connectivity index (χ4v) is 4.77. The number of hydrogen-bond donors (Lipinski definition) is 2. The van der Waals surface area contributed by atoms with Gasteiger partial charge < -0.3 is 11.1 Å². The molecule has 1 amide bonds. The largest absolute Gasteiger partial charge is 0.375 e. The van der Waals surface area contributed by atoms with Crippen molar-refractivity contribution in [2.75, 3.05) is 11.1 Å². The molecule has 0 saturated heterocycles. The lowest BCUT2D eigenvalue weighted by Crippen LogP contribution is -2.04. The maximum atomic E-state index is 10.8. The van der Waals surface area contributed by atoms with Crippen LogP contribution in [0.2, 0.25) is 0 Å². The number of rotatable bonds is 1. The highest BCUT2D eigenvalue weighted by Gasteiger charge is 2.04. The molecule has 2 aromatic carbocycles. The summed E-state index contributed by atoms with van der Waals surface area (Å²) in [4.78, 5) is 19.2. The van der Waals surface area contributed by atoms with Crippen molar-refractivity contribution >= 4 is 91.1 Å². The molecule has 4 aromatic rings. The van der Waals surface area contributed by atoms with E-state index in [4.69, 9.17) is 7.10 Å². The molecule has 9 heteroatoms. The normalized spacial score (nSPS) is 10.4. The minimum Gasteiger partial charge on any atom is -0.375 e. The van der Waals surface area contributed by atoms with Crippen LogP contribution >= 0.6 is 54.5 Å². The summed E-state index contributed by atoms with van der Waals surface area (Å²) in [6.07, 6.45) is 0. The first kappa shape index (κ1) is 20.2. The summed E-state index contributed by atoms with van der Waals surface area (Å²) < 4.78 is 10.5. The number of amides is 1. The maximum absolute atomic E-state index is 10.8. The van der Waals surface area contributed by atoms with Gasteiger partial charge in [-0.1, -0.05) is 68.4 Å². The molecule has 0 fully saturated rings. The van der Waals surface area contributed by atoms with Crippen LogP contribution in [0.15, 0.2) is 45.3 Å². The number of anilines is 2. The first-order valence-corrected chi connectivity index (χ1v) is 11.0. The fourth-order valence-electron chi connectivity index (χ4n) is 2.02. The summed E-state index contributed by atoms with van der Waals surface area (Å²) in [7, 11) is 0. The monoisotopic (exact) mass is 529 g/mol. The smallest absolute Gasteiger partial charge is 0.223 e. The van der Waals surface area contributed by atoms with Crippen LogP contribution in [0.5, 0.6) is 0 Å². The number of nitrogens with zero attached hydrogens (tertiary/aromatic N) is 2. The van der Waals surface area contributed by atoms with Gasteiger partial charge in [-0.15, -0.1) is 0 Å². The third kappa shape index (κ3) is 6.24. The van der Waals surface area contributed by atoms with E-state index in [0.717, 1.165) is 29.4 Å². The van der Waals surface area contributed by atoms with Crippen LogP contribution in [0.3, 0.4) is 0 Å². The van der Waals surface area contributed by atoms with Crippen molar-refractivity contribution in [2.24, 2.45) is 0 Å². The number of halogens is 2. The third-order valence-electron chi connectivity index (χ3n) is 3.00. The van der Waals surface area contributed by atoms with Gasteiger partial charge in [0.15, 0.2) is 10.3 Å². The van der Waals surface area contributed by atoms with Gasteiger partial charge in [-0.2, -0.15) is 0 Å². The Hall–Kier alpha value is -1.55. The highest BCUT2D eigenvalue weighted by molar-refractivity contribution is 9.10. The topological polar surface area (TPSA) is 80.9 Å². The molecular weight excluding hydrogens is 512 g/mol. The van der Waals surface area contributed by atoms with Gasteiger partial charge in [0.25, 0.3) is 0 Å². The zero-order valence-corrected chi connectivity index (χ0v) is 19.4. The predicted octanol–water partition coefficient (Wildman–Crippen LogP) is 6.68. The average molecular weight is 531 g/mol. The van der Waals surface area contributed by atoms with Gasteiger partial charge >= 0.3 is 0 Å². The quantitative estimate of drug-likeness (QED) is 0.287. The van der Waals surface area contributed by atoms with Crippen molar-refractivity contribution in [3.63, 3.8) is 0 Å². The zero-order valence-electron chi connectivity index (χ0n) is 15.6. The Morgan fingerprint density at radius 1 is 1.07 bits per heavy atom. The molecule has 3 N–H and O–H groups in total. The molecule has 0 aliphatic rings. The predicted molar refractivity (Wildman–Crippen MR) is 125 cm³/mol. The fraction of sp³-hybridized carbons (Fsp3) is 0.167. The van der Waals surface area contributed by atoms with Gasteiger partial charge in [-0.3, -0.25) is 4.79 Å². The highest BCUT2D eigenvalue weighted by Crippen LogP contribution is 2.28. The summed E-state index contributed by atoms with van der Waals surface area (Å²) in [6.45, 7) is 3.77. The van der Waals surface area contributed by atoms with Gasteiger partial charge in [0.2, 0.25) is 5.91 Å². The number of nitrogens with two attached hydrogens (primary N) is 1. The molecule has 0 atom stereocenters. The van der Waals surface area contributed by atoms with Crippen LogP contribution in [0.1, 0.15) is 22.1 Å². The Morgan fingerprint density at radius 3 is 2.15 bits per heavy atom. The van der Waals surface area contributed by atoms with Crippen LogP contribution in [0, 0.1) is 0 Å². The van der Waals surface area contributed by atoms with E-state index in [1.165, 1.54) is 29.6 Å². The van der Waals surface area contributed by atoms with Crippen molar-refractivity contribution in [1.29, 1.82) is 0 Å². The van der Waals surface area contributed by atoms with Crippen LogP contribution in [-0.4, -0.2) is 15.9 Å². The Balaban J connectivity index is 0.000000180. The second-order valence-electron chi connectivity index (χ2n) is 4.98. The van der Waals surface area contributed by atoms with Crippen LogP contribution in [-0.2, 0) is 4.79 Å². The molecule has 142 valence electrons. The van der Waals surface area contributed by atoms with Gasteiger partial charge in [-0.05, 0) is 36.4 Å². The average Bonchev–Trinajstić information content (AvgIpc) is 3.16. The van der Waals surface area contributed by atoms with E-state index in [9.17, 15) is 4.79 Å². The third-order valence-corrected chi connectivity index (χ3v) is 5.77. The molecule has 0 bridgehead atoms. The van der Waals surface area contributed by atoms with E-state index in [-0.39, 0.29) is 5.91 Å². The molecule has 0 saturated carbocycles. The van der Waals surface area contributed by atoms with E-state index in [1.807, 2.05) is 36.4 Å². The first-order valence-electron chi connectivity index (χ1n) is 8.47. The van der Waals surface area contributed by atoms with Crippen LogP contribution < -0.4 is 11.1 Å². The molecule has 0 unspecified atom stereocenters. The number of nitrogen functional groups attached to an aromatic ring is 1. The highest BCUT2D eigenvalue weighted by atomic mass is 79.9. The molecule has 0 radical (unpaired) electrons. The lowest BCUT2D eigenvalue weighted by molar-refractivity contribution is -0.114. The van der Waals surface area contributed by atoms with Crippen molar-refractivity contribution in [3.8, 4) is 0 Å². The number of nitrogens with one attached hydrogen (secondary N) is 1. The second kappa shape index (κ2) is 10.1. The maximum Gasteiger partial charge on any atom is 0.223 e. The van der Waals surface area contributed by atoms with Gasteiger partial charge in [0.1, 0.15) is 0 Å². The number of thiazole rings is 2. The standard InChI is InChI=1S/C9H7BrN2OS.C7H5BrN2S.C2H6/c1-5(13)11-9-12-7-3-2-6(10)4-8(7)14-9;8-4-1-2-5-6(3-4)11-7(9)10-5;1-2/h2-4H,1H3,(H,11,12,13);1-3H,(H2,9,10);1-2H3/i;;1D. The molecule has 4 rings (SSSR count). The van der Waals surface area contributed by atoms with Gasteiger partial charge in [-0.25, -0.2) is 9.97 Å². The Morgan fingerprint density at radius 2 is 1.59 bits per heavy atom. The zero-order chi connectivity index (χ0) is 20.7. The number of fused-ring (bicyclic) bond motifs is 2. The Bertz CT molecular complexity index is 1080. The summed E-state index contributed by atoms with van der Waals surface area (Å²) in [5.74, 6) is -0.0943. The van der Waals surface area contributed by atoms with Crippen LogP contribution in [0.4, 0.5) is 10.3 Å². The first-order chi connectivity index (χ1) is 13.3. The minimum atomic E-state index is -0.0943. The van der Waals surface area contributed by atoms with Gasteiger partial charge in [0.05, 0.1) is 20.4 Å². The molecular formula is C18H18Br2N4OS2. The molecule has 0 spiro atoms. The molecule has 2 aromatic heterocycles. The second-order valence-corrected chi connectivity index (χ2v) is 8.90. The molecule has 27 heavy (non-hydrogen) atoms. The number of benzene rings is 2. The van der Waals surface area contributed by atoms with E-state index in [2.05, 4.69) is 47.1 Å². The Labute approximate surface area is 183 Å². The lowest BCUT2D eigenvalue weighted by Gasteiger charge is -1.91. The molecule has 0 aliphatic carbocycles. The summed E-state index contributed by atoms with van der Waals surface area (Å²) in [6, 6.07) is 11.8. The molecule has 0 aliphatic heterocycles. The number of aromatic nitrogens is 2. The van der Waals surface area contributed by atoms with Gasteiger partial charge in [0, 0.05) is 17.2 Å². The van der Waals surface area contributed by atoms with Crippen LogP contribution in [0.25, 0.3) is 20.4 Å². The molecule has 5 nitrogen and oxygen atoms in total. The summed E-state index contributed by atoms with van der Waals surface area (Å²) in [5.41, 5.74) is 7.41. The Kier molecular flexibility index (Phi) is 7.57. The summed E-state index contributed by atoms with van der Waals surface area (Å²) >= 11 is 9.73. The van der Waals surface area contributed by atoms with Crippen molar-refractivity contribution in [3.05, 3.63) is 45.3 Å². The van der Waals surface area contributed by atoms with E-state index >= 15 is 0 Å².